The molecule has 0 unspecified atom stereocenters. The summed E-state index contributed by atoms with van der Waals surface area (Å²) in [5.74, 6) is 0. The van der Waals surface area contributed by atoms with Gasteiger partial charge < -0.3 is 9.97 Å². The molecule has 0 aliphatic rings. The van der Waals surface area contributed by atoms with Crippen LogP contribution in [0, 0.1) is 26.0 Å². The van der Waals surface area contributed by atoms with Gasteiger partial charge in [-0.05, 0) is 82.2 Å². The molecule has 49 heavy (non-hydrogen) atoms. The van der Waals surface area contributed by atoms with Crippen molar-refractivity contribution < 1.29 is 20.1 Å². The number of benzene rings is 5. The third-order valence-corrected chi connectivity index (χ3v) is 8.48. The Morgan fingerprint density at radius 1 is 0.469 bits per heavy atom. The number of hydrogen-bond acceptors (Lipinski definition) is 3. The van der Waals surface area contributed by atoms with Gasteiger partial charge in [0, 0.05) is 50.3 Å². The fourth-order valence-electron chi connectivity index (χ4n) is 6.07. The molecule has 8 rings (SSSR count). The molecular weight excluding hydrogens is 775 g/mol. The Labute approximate surface area is 301 Å². The van der Waals surface area contributed by atoms with Crippen molar-refractivity contribution in [1.29, 1.82) is 0 Å². The Bertz CT molecular complexity index is 2300. The Morgan fingerprint density at radius 2 is 1.24 bits per heavy atom. The maximum atomic E-state index is 4.50. The van der Waals surface area contributed by atoms with Crippen LogP contribution in [0.25, 0.3) is 66.7 Å². The van der Waals surface area contributed by atoms with E-state index < -0.39 is 0 Å². The van der Waals surface area contributed by atoms with E-state index in [2.05, 4.69) is 126 Å². The summed E-state index contributed by atoms with van der Waals surface area (Å²) in [5, 5.41) is 2.32. The summed E-state index contributed by atoms with van der Waals surface area (Å²) < 4.78 is 0. The third kappa shape index (κ3) is 7.47. The summed E-state index contributed by atoms with van der Waals surface area (Å²) in [4.78, 5) is 13.3. The topological polar surface area (TPSA) is 38.7 Å². The minimum Gasteiger partial charge on any atom is -0.305 e. The van der Waals surface area contributed by atoms with Gasteiger partial charge in [0.15, 0.2) is 0 Å². The molecule has 0 aliphatic heterocycles. The quantitative estimate of drug-likeness (QED) is 0.163. The van der Waals surface area contributed by atoms with Crippen molar-refractivity contribution in [2.24, 2.45) is 0 Å². The SMILES string of the molecule is Cc1c(-c2ccccc2)cccc1-c1ccc(-c2cc[c-]c(-c3ccccn3)c2)c2ccncc12.Cc1ccnc(-c2[c-]cccc2)c1.[Ir]. The zero-order valence-corrected chi connectivity index (χ0v) is 29.7. The van der Waals surface area contributed by atoms with E-state index >= 15 is 0 Å². The monoisotopic (exact) mass is 808 g/mol. The molecule has 0 spiro atoms. The second kappa shape index (κ2) is 15.6. The Kier molecular flexibility index (Phi) is 10.6. The largest absolute Gasteiger partial charge is 0.305 e. The predicted molar refractivity (Wildman–Crippen MR) is 198 cm³/mol. The van der Waals surface area contributed by atoms with Gasteiger partial charge in [0.2, 0.25) is 0 Å². The van der Waals surface area contributed by atoms with E-state index in [9.17, 15) is 0 Å². The number of fused-ring (bicyclic) bond motifs is 1. The minimum atomic E-state index is 0. The first kappa shape index (κ1) is 33.4. The number of nitrogens with zero attached hydrogens (tertiary/aromatic N) is 3. The van der Waals surface area contributed by atoms with Crippen molar-refractivity contribution in [2.45, 2.75) is 13.8 Å². The van der Waals surface area contributed by atoms with Crippen LogP contribution >= 0.6 is 0 Å². The van der Waals surface area contributed by atoms with E-state index in [-0.39, 0.29) is 20.1 Å². The van der Waals surface area contributed by atoms with Crippen molar-refractivity contribution in [2.75, 3.05) is 0 Å². The molecular formula is C45H33IrN3-2. The second-order valence-electron chi connectivity index (χ2n) is 11.6. The summed E-state index contributed by atoms with van der Waals surface area (Å²) in [6.45, 7) is 4.27. The molecule has 3 nitrogen and oxygen atoms in total. The molecule has 0 saturated carbocycles. The standard InChI is InChI=1S/C33H23N2.C12H10N.Ir/c1-23-27(24-9-3-2-4-10-24)13-8-14-28(23)30-17-16-29(31-18-20-34-22-32(30)31)25-11-7-12-26(21-25)33-15-5-6-19-35-33;1-10-7-8-13-12(9-10)11-5-3-2-4-6-11;/h2-11,13-22H,1H3;2-5,7-9H,1H3;/q2*-1;. The van der Waals surface area contributed by atoms with Crippen LogP contribution in [0.4, 0.5) is 0 Å². The zero-order valence-electron chi connectivity index (χ0n) is 27.3. The fourth-order valence-corrected chi connectivity index (χ4v) is 6.07. The summed E-state index contributed by atoms with van der Waals surface area (Å²) in [7, 11) is 0. The van der Waals surface area contributed by atoms with Crippen molar-refractivity contribution >= 4 is 10.8 Å². The molecule has 0 atom stereocenters. The molecule has 1 radical (unpaired) electrons. The molecule has 3 aromatic heterocycles. The van der Waals surface area contributed by atoms with Crippen LogP contribution in [0.15, 0.2) is 164 Å². The first-order valence-corrected chi connectivity index (χ1v) is 16.0. The number of aromatic nitrogens is 3. The fraction of sp³-hybridized carbons (Fsp3) is 0.0444. The van der Waals surface area contributed by atoms with E-state index in [0.717, 1.165) is 33.5 Å². The van der Waals surface area contributed by atoms with Crippen LogP contribution in [-0.2, 0) is 20.1 Å². The van der Waals surface area contributed by atoms with E-state index in [4.69, 9.17) is 0 Å². The first-order chi connectivity index (χ1) is 23.7. The van der Waals surface area contributed by atoms with E-state index in [0.29, 0.717) is 0 Å². The molecule has 5 aromatic carbocycles. The van der Waals surface area contributed by atoms with Crippen LogP contribution in [0.1, 0.15) is 11.1 Å². The molecule has 0 amide bonds. The third-order valence-electron chi connectivity index (χ3n) is 8.48. The number of hydrogen-bond donors (Lipinski definition) is 0. The molecule has 3 heterocycles. The van der Waals surface area contributed by atoms with Crippen LogP contribution in [-0.4, -0.2) is 15.0 Å². The van der Waals surface area contributed by atoms with Gasteiger partial charge in [0.1, 0.15) is 0 Å². The normalized spacial score (nSPS) is 10.5. The number of pyridine rings is 3. The average molecular weight is 808 g/mol. The van der Waals surface area contributed by atoms with Crippen molar-refractivity contribution in [3.05, 3.63) is 188 Å². The number of aryl methyl sites for hydroxylation is 1. The maximum Gasteiger partial charge on any atom is 0.0352 e. The van der Waals surface area contributed by atoms with Gasteiger partial charge in [-0.2, -0.15) is 0 Å². The summed E-state index contributed by atoms with van der Waals surface area (Å²) in [6.07, 6.45) is 7.50. The molecule has 0 aliphatic carbocycles. The average Bonchev–Trinajstić information content (AvgIpc) is 3.16. The van der Waals surface area contributed by atoms with Gasteiger partial charge in [-0.25, -0.2) is 0 Å². The van der Waals surface area contributed by atoms with Gasteiger partial charge in [-0.15, -0.1) is 71.3 Å². The van der Waals surface area contributed by atoms with Gasteiger partial charge >= 0.3 is 0 Å². The van der Waals surface area contributed by atoms with Crippen molar-refractivity contribution in [3.8, 4) is 55.9 Å². The molecule has 0 saturated heterocycles. The Morgan fingerprint density at radius 3 is 2.04 bits per heavy atom. The van der Waals surface area contributed by atoms with Crippen molar-refractivity contribution in [3.63, 3.8) is 0 Å². The van der Waals surface area contributed by atoms with E-state index in [1.807, 2.05) is 79.4 Å². The first-order valence-electron chi connectivity index (χ1n) is 16.0. The Hall–Kier alpha value is -5.54. The van der Waals surface area contributed by atoms with Crippen molar-refractivity contribution in [1.82, 2.24) is 15.0 Å². The molecule has 239 valence electrons. The van der Waals surface area contributed by atoms with Gasteiger partial charge in [0.05, 0.1) is 0 Å². The van der Waals surface area contributed by atoms with E-state index in [1.165, 1.54) is 44.3 Å². The summed E-state index contributed by atoms with van der Waals surface area (Å²) in [5.41, 5.74) is 13.7. The molecule has 4 heteroatoms. The van der Waals surface area contributed by atoms with Crippen LogP contribution in [0.2, 0.25) is 0 Å². The second-order valence-corrected chi connectivity index (χ2v) is 11.6. The number of rotatable bonds is 5. The minimum absolute atomic E-state index is 0. The zero-order chi connectivity index (χ0) is 32.7. The van der Waals surface area contributed by atoms with Gasteiger partial charge in [-0.3, -0.25) is 4.98 Å². The van der Waals surface area contributed by atoms with E-state index in [1.54, 1.807) is 0 Å². The smallest absolute Gasteiger partial charge is 0.0352 e. The predicted octanol–water partition coefficient (Wildman–Crippen LogP) is 11.3. The van der Waals surface area contributed by atoms with Gasteiger partial charge in [0.25, 0.3) is 0 Å². The maximum absolute atomic E-state index is 4.50. The summed E-state index contributed by atoms with van der Waals surface area (Å²) in [6, 6.07) is 54.3. The molecule has 0 bridgehead atoms. The van der Waals surface area contributed by atoms with Gasteiger partial charge in [-0.1, -0.05) is 84.4 Å². The molecule has 0 fully saturated rings. The van der Waals surface area contributed by atoms with Crippen LogP contribution in [0.3, 0.4) is 0 Å². The van der Waals surface area contributed by atoms with Crippen LogP contribution in [0.5, 0.6) is 0 Å². The Balaban J connectivity index is 0.000000250. The van der Waals surface area contributed by atoms with Crippen LogP contribution < -0.4 is 0 Å². The molecule has 0 N–H and O–H groups in total. The molecule has 8 aromatic rings. The summed E-state index contributed by atoms with van der Waals surface area (Å²) >= 11 is 0.